The molecule has 0 saturated heterocycles. The molecule has 1 atom stereocenters. The highest BCUT2D eigenvalue weighted by atomic mass is 16.6. The number of aliphatic hydroxyl groups excluding tert-OH is 1. The van der Waals surface area contributed by atoms with Gasteiger partial charge in [0.05, 0.1) is 0 Å². The van der Waals surface area contributed by atoms with Crippen molar-refractivity contribution < 1.29 is 9.84 Å². The highest BCUT2D eigenvalue weighted by Crippen LogP contribution is 2.35. The Balaban J connectivity index is 1.89. The van der Waals surface area contributed by atoms with Gasteiger partial charge in [0.2, 0.25) is 0 Å². The molecule has 1 unspecified atom stereocenters. The van der Waals surface area contributed by atoms with Crippen LogP contribution in [0.2, 0.25) is 0 Å². The van der Waals surface area contributed by atoms with Crippen LogP contribution in [0.5, 0.6) is 0 Å². The van der Waals surface area contributed by atoms with E-state index in [2.05, 4.69) is 26.1 Å². The normalized spacial score (nSPS) is 17.7. The van der Waals surface area contributed by atoms with Crippen LogP contribution in [0.1, 0.15) is 104 Å². The molecule has 0 bridgehead atoms. The van der Waals surface area contributed by atoms with Gasteiger partial charge in [0.1, 0.15) is 5.76 Å². The molecule has 0 aromatic rings. The number of unbranched alkanes of at least 4 members (excludes halogenated alkanes) is 11. The summed E-state index contributed by atoms with van der Waals surface area (Å²) < 4.78 is 5.39. The van der Waals surface area contributed by atoms with Crippen molar-refractivity contribution in [2.45, 2.75) is 111 Å². The minimum absolute atomic E-state index is 0.0168. The zero-order valence-electron chi connectivity index (χ0n) is 15.7. The zero-order chi connectivity index (χ0) is 17.0. The maximum Gasteiger partial charge on any atom is 0.278 e. The summed E-state index contributed by atoms with van der Waals surface area (Å²) in [6.07, 6.45) is 18.7. The molecule has 2 N–H and O–H groups in total. The molecule has 3 heteroatoms. The first kappa shape index (κ1) is 20.3. The summed E-state index contributed by atoms with van der Waals surface area (Å²) in [5, 5.41) is 12.1. The van der Waals surface area contributed by atoms with Crippen molar-refractivity contribution in [1.29, 1.82) is 0 Å². The summed E-state index contributed by atoms with van der Waals surface area (Å²) in [5.74, 6) is 0.882. The van der Waals surface area contributed by atoms with E-state index < -0.39 is 6.41 Å². The molecule has 0 amide bonds. The van der Waals surface area contributed by atoms with E-state index in [0.29, 0.717) is 0 Å². The highest BCUT2D eigenvalue weighted by molar-refractivity contribution is 5.07. The Morgan fingerprint density at radius 1 is 0.913 bits per heavy atom. The molecule has 0 aromatic carbocycles. The van der Waals surface area contributed by atoms with Crippen molar-refractivity contribution >= 4 is 0 Å². The Kier molecular flexibility index (Phi) is 10.4. The second-order valence-electron chi connectivity index (χ2n) is 7.67. The monoisotopic (exact) mass is 325 g/mol. The largest absolute Gasteiger partial charge is 0.449 e. The van der Waals surface area contributed by atoms with Gasteiger partial charge in [0, 0.05) is 11.6 Å². The average molecular weight is 326 g/mol. The number of hydrogen-bond acceptors (Lipinski definition) is 3. The number of rotatable bonds is 14. The van der Waals surface area contributed by atoms with Crippen LogP contribution in [0, 0.1) is 5.41 Å². The zero-order valence-corrected chi connectivity index (χ0v) is 15.7. The molecule has 0 saturated carbocycles. The Morgan fingerprint density at radius 3 is 1.83 bits per heavy atom. The van der Waals surface area contributed by atoms with E-state index in [0.717, 1.165) is 12.2 Å². The molecule has 1 heterocycles. The van der Waals surface area contributed by atoms with Gasteiger partial charge in [-0.3, -0.25) is 0 Å². The van der Waals surface area contributed by atoms with Gasteiger partial charge < -0.3 is 15.2 Å². The van der Waals surface area contributed by atoms with Gasteiger partial charge >= 0.3 is 0 Å². The van der Waals surface area contributed by atoms with Crippen LogP contribution in [0.3, 0.4) is 0 Å². The van der Waals surface area contributed by atoms with E-state index in [1.807, 2.05) is 6.20 Å². The Morgan fingerprint density at radius 2 is 1.39 bits per heavy atom. The summed E-state index contributed by atoms with van der Waals surface area (Å²) in [4.78, 5) is 0. The van der Waals surface area contributed by atoms with Crippen LogP contribution < -0.4 is 5.32 Å². The Labute approximate surface area is 143 Å². The molecule has 1 aliphatic rings. The van der Waals surface area contributed by atoms with Gasteiger partial charge in [-0.1, -0.05) is 97.8 Å². The standard InChI is InChI=1S/C20H39NO2/c1-4-5-6-7-8-9-10-11-12-13-14-15-16-20(2,3)18-17-21-19(22)23-18/h17,19,21-22H,4-16H2,1-3H3. The second-order valence-corrected chi connectivity index (χ2v) is 7.67. The van der Waals surface area contributed by atoms with Gasteiger partial charge in [-0.05, 0) is 6.42 Å². The summed E-state index contributed by atoms with van der Waals surface area (Å²) >= 11 is 0. The van der Waals surface area contributed by atoms with E-state index in [1.54, 1.807) is 0 Å². The number of ether oxygens (including phenoxy) is 1. The van der Waals surface area contributed by atoms with E-state index in [4.69, 9.17) is 4.74 Å². The quantitative estimate of drug-likeness (QED) is 0.394. The maximum atomic E-state index is 9.35. The Hall–Kier alpha value is -0.700. The first-order valence-corrected chi connectivity index (χ1v) is 9.87. The molecule has 23 heavy (non-hydrogen) atoms. The lowest BCUT2D eigenvalue weighted by atomic mass is 9.85. The molecular weight excluding hydrogens is 286 g/mol. The summed E-state index contributed by atoms with van der Waals surface area (Å²) in [6.45, 7) is 6.66. The third-order valence-corrected chi connectivity index (χ3v) is 4.92. The van der Waals surface area contributed by atoms with E-state index in [9.17, 15) is 5.11 Å². The number of aliphatic hydroxyl groups is 1. The smallest absolute Gasteiger partial charge is 0.278 e. The maximum absolute atomic E-state index is 9.35. The van der Waals surface area contributed by atoms with Crippen LogP contribution in [-0.2, 0) is 4.74 Å². The molecule has 0 aromatic heterocycles. The average Bonchev–Trinajstić information content (AvgIpc) is 2.96. The van der Waals surface area contributed by atoms with Gasteiger partial charge in [0.25, 0.3) is 6.41 Å². The minimum Gasteiger partial charge on any atom is -0.449 e. The van der Waals surface area contributed by atoms with Crippen molar-refractivity contribution in [3.05, 3.63) is 12.0 Å². The van der Waals surface area contributed by atoms with Crippen molar-refractivity contribution in [2.24, 2.45) is 5.41 Å². The molecule has 0 radical (unpaired) electrons. The molecule has 3 nitrogen and oxygen atoms in total. The number of allylic oxidation sites excluding steroid dienone is 1. The van der Waals surface area contributed by atoms with Crippen LogP contribution in [0.25, 0.3) is 0 Å². The summed E-state index contributed by atoms with van der Waals surface area (Å²) in [7, 11) is 0. The van der Waals surface area contributed by atoms with E-state index in [-0.39, 0.29) is 5.41 Å². The SMILES string of the molecule is CCCCCCCCCCCCCCC(C)(C)C1=CNC(O)O1. The number of hydrogen-bond donors (Lipinski definition) is 2. The Bertz CT molecular complexity index is 326. The van der Waals surface area contributed by atoms with Gasteiger partial charge in [-0.2, -0.15) is 0 Å². The van der Waals surface area contributed by atoms with Crippen LogP contribution >= 0.6 is 0 Å². The lowest BCUT2D eigenvalue weighted by Gasteiger charge is -2.25. The van der Waals surface area contributed by atoms with Crippen LogP contribution in [0.15, 0.2) is 12.0 Å². The van der Waals surface area contributed by atoms with E-state index >= 15 is 0 Å². The molecule has 0 spiro atoms. The van der Waals surface area contributed by atoms with E-state index in [1.165, 1.54) is 77.0 Å². The fourth-order valence-electron chi connectivity index (χ4n) is 3.22. The number of nitrogens with one attached hydrogen (secondary N) is 1. The van der Waals surface area contributed by atoms with Gasteiger partial charge in [-0.25, -0.2) is 0 Å². The van der Waals surface area contributed by atoms with Crippen molar-refractivity contribution in [1.82, 2.24) is 5.32 Å². The minimum atomic E-state index is -0.855. The second kappa shape index (κ2) is 11.8. The molecule has 0 aliphatic carbocycles. The van der Waals surface area contributed by atoms with Crippen molar-refractivity contribution in [3.63, 3.8) is 0 Å². The van der Waals surface area contributed by atoms with Gasteiger partial charge in [0.15, 0.2) is 0 Å². The molecule has 1 aliphatic heterocycles. The topological polar surface area (TPSA) is 41.5 Å². The third kappa shape index (κ3) is 9.24. The summed E-state index contributed by atoms with van der Waals surface area (Å²) in [5.41, 5.74) is 0.0168. The first-order chi connectivity index (χ1) is 11.1. The lowest BCUT2D eigenvalue weighted by Crippen LogP contribution is -2.21. The lowest BCUT2D eigenvalue weighted by molar-refractivity contribution is -0.0749. The predicted molar refractivity (Wildman–Crippen MR) is 97.8 cm³/mol. The molecule has 1 rings (SSSR count). The van der Waals surface area contributed by atoms with Crippen molar-refractivity contribution in [2.75, 3.05) is 0 Å². The first-order valence-electron chi connectivity index (χ1n) is 9.87. The van der Waals surface area contributed by atoms with Crippen LogP contribution in [0.4, 0.5) is 0 Å². The third-order valence-electron chi connectivity index (χ3n) is 4.92. The fourth-order valence-corrected chi connectivity index (χ4v) is 3.22. The molecular formula is C20H39NO2. The van der Waals surface area contributed by atoms with Crippen LogP contribution in [-0.4, -0.2) is 11.5 Å². The predicted octanol–water partition coefficient (Wildman–Crippen LogP) is 5.84. The molecule has 136 valence electrons. The fraction of sp³-hybridized carbons (Fsp3) is 0.900. The van der Waals surface area contributed by atoms with Crippen molar-refractivity contribution in [3.8, 4) is 0 Å². The highest BCUT2D eigenvalue weighted by Gasteiger charge is 2.29. The summed E-state index contributed by atoms with van der Waals surface area (Å²) in [6, 6.07) is 0. The van der Waals surface area contributed by atoms with Gasteiger partial charge in [-0.15, -0.1) is 0 Å². The molecule has 0 fully saturated rings.